The van der Waals surface area contributed by atoms with Gasteiger partial charge in [-0.15, -0.1) is 0 Å². The summed E-state index contributed by atoms with van der Waals surface area (Å²) in [5.74, 6) is 0.926. The molecule has 0 aliphatic rings. The fourth-order valence-electron chi connectivity index (χ4n) is 2.69. The summed E-state index contributed by atoms with van der Waals surface area (Å²) in [5, 5.41) is 2.89. The van der Waals surface area contributed by atoms with Crippen LogP contribution in [0.1, 0.15) is 31.9 Å². The predicted octanol–water partition coefficient (Wildman–Crippen LogP) is 5.41. The van der Waals surface area contributed by atoms with Gasteiger partial charge in [-0.25, -0.2) is 0 Å². The van der Waals surface area contributed by atoms with Gasteiger partial charge in [0, 0.05) is 17.5 Å². The van der Waals surface area contributed by atoms with Gasteiger partial charge in [-0.1, -0.05) is 81.4 Å². The Bertz CT molecular complexity index is 981. The lowest BCUT2D eigenvalue weighted by Crippen LogP contribution is -2.28. The molecule has 0 aliphatic carbocycles. The number of carbonyl (C=O) groups is 1. The van der Waals surface area contributed by atoms with Crippen molar-refractivity contribution in [3.8, 4) is 11.5 Å². The van der Waals surface area contributed by atoms with Crippen molar-refractivity contribution >= 4 is 17.3 Å². The molecule has 30 heavy (non-hydrogen) atoms. The van der Waals surface area contributed by atoms with Crippen molar-refractivity contribution in [2.75, 3.05) is 11.1 Å². The first kappa shape index (κ1) is 21.2. The lowest BCUT2D eigenvalue weighted by Gasteiger charge is -2.20. The Kier molecular flexibility index (Phi) is 6.62. The van der Waals surface area contributed by atoms with Gasteiger partial charge in [0.25, 0.3) is 0 Å². The van der Waals surface area contributed by atoms with Crippen LogP contribution in [0.3, 0.4) is 0 Å². The summed E-state index contributed by atoms with van der Waals surface area (Å²) in [4.78, 5) is 12.4. The predicted molar refractivity (Wildman–Crippen MR) is 120 cm³/mol. The highest BCUT2D eigenvalue weighted by Gasteiger charge is 2.23. The quantitative estimate of drug-likeness (QED) is 0.516. The van der Waals surface area contributed by atoms with Gasteiger partial charge >= 0.3 is 0 Å². The van der Waals surface area contributed by atoms with Gasteiger partial charge in [0.15, 0.2) is 11.5 Å². The summed E-state index contributed by atoms with van der Waals surface area (Å²) < 4.78 is 12.0. The minimum absolute atomic E-state index is 0.124. The lowest BCUT2D eigenvalue weighted by atomic mass is 9.95. The molecule has 0 saturated carbocycles. The highest BCUT2D eigenvalue weighted by molar-refractivity contribution is 5.97. The van der Waals surface area contributed by atoms with E-state index in [9.17, 15) is 4.79 Å². The maximum atomic E-state index is 12.4. The number of nitrogens with one attached hydrogen (secondary N) is 1. The minimum atomic E-state index is -0.542. The molecule has 0 spiro atoms. The Balaban J connectivity index is 1.85. The van der Waals surface area contributed by atoms with Crippen LogP contribution < -0.4 is 20.5 Å². The Labute approximate surface area is 177 Å². The SMILES string of the molecule is CC(C)(C)C(=O)Nc1cc(OCc2ccccc2)c(OCc2ccccc2)cc1N. The maximum Gasteiger partial charge on any atom is 0.229 e. The van der Waals surface area contributed by atoms with Gasteiger partial charge in [0.1, 0.15) is 13.2 Å². The number of amides is 1. The van der Waals surface area contributed by atoms with Crippen molar-refractivity contribution in [1.29, 1.82) is 0 Å². The molecular weight excluding hydrogens is 376 g/mol. The zero-order valence-electron chi connectivity index (χ0n) is 17.6. The van der Waals surface area contributed by atoms with Gasteiger partial charge in [-0.3, -0.25) is 4.79 Å². The Hall–Kier alpha value is -3.47. The fourth-order valence-corrected chi connectivity index (χ4v) is 2.69. The van der Waals surface area contributed by atoms with E-state index in [0.717, 1.165) is 11.1 Å². The number of rotatable bonds is 7. The number of nitrogens with two attached hydrogens (primary N) is 1. The number of nitrogen functional groups attached to an aromatic ring is 1. The molecule has 0 fully saturated rings. The monoisotopic (exact) mass is 404 g/mol. The summed E-state index contributed by atoms with van der Waals surface area (Å²) >= 11 is 0. The van der Waals surface area contributed by atoms with E-state index in [1.54, 1.807) is 12.1 Å². The van der Waals surface area contributed by atoms with E-state index in [1.807, 2.05) is 81.4 Å². The third-order valence-electron chi connectivity index (χ3n) is 4.52. The summed E-state index contributed by atoms with van der Waals surface area (Å²) in [6.45, 7) is 6.31. The molecule has 0 aliphatic heterocycles. The first-order chi connectivity index (χ1) is 14.3. The normalized spacial score (nSPS) is 11.0. The minimum Gasteiger partial charge on any atom is -0.485 e. The van der Waals surface area contributed by atoms with Crippen LogP contribution in [0.4, 0.5) is 11.4 Å². The molecule has 0 saturated heterocycles. The van der Waals surface area contributed by atoms with Crippen LogP contribution in [0.2, 0.25) is 0 Å². The second-order valence-corrected chi connectivity index (χ2v) is 8.14. The molecular formula is C25H28N2O3. The third kappa shape index (κ3) is 5.77. The molecule has 0 heterocycles. The second kappa shape index (κ2) is 9.35. The van der Waals surface area contributed by atoms with Crippen molar-refractivity contribution in [3.63, 3.8) is 0 Å². The van der Waals surface area contributed by atoms with Gasteiger partial charge in [0.05, 0.1) is 11.4 Å². The van der Waals surface area contributed by atoms with E-state index in [4.69, 9.17) is 15.2 Å². The molecule has 3 aromatic rings. The van der Waals surface area contributed by atoms with Crippen LogP contribution >= 0.6 is 0 Å². The second-order valence-electron chi connectivity index (χ2n) is 8.14. The summed E-state index contributed by atoms with van der Waals surface area (Å²) in [6, 6.07) is 23.2. The Morgan fingerprint density at radius 3 is 1.77 bits per heavy atom. The smallest absolute Gasteiger partial charge is 0.229 e. The largest absolute Gasteiger partial charge is 0.485 e. The first-order valence-electron chi connectivity index (χ1n) is 9.91. The number of hydrogen-bond donors (Lipinski definition) is 2. The number of ether oxygens (including phenoxy) is 2. The number of benzene rings is 3. The van der Waals surface area contributed by atoms with E-state index in [-0.39, 0.29) is 5.91 Å². The van der Waals surface area contributed by atoms with Crippen LogP contribution in [-0.4, -0.2) is 5.91 Å². The molecule has 0 atom stereocenters. The van der Waals surface area contributed by atoms with Crippen LogP contribution in [0.25, 0.3) is 0 Å². The highest BCUT2D eigenvalue weighted by atomic mass is 16.5. The highest BCUT2D eigenvalue weighted by Crippen LogP contribution is 2.37. The summed E-state index contributed by atoms with van der Waals surface area (Å²) in [6.07, 6.45) is 0. The summed E-state index contributed by atoms with van der Waals surface area (Å²) in [7, 11) is 0. The molecule has 156 valence electrons. The number of anilines is 2. The maximum absolute atomic E-state index is 12.4. The van der Waals surface area contributed by atoms with Crippen molar-refractivity contribution in [3.05, 3.63) is 83.9 Å². The number of hydrogen-bond acceptors (Lipinski definition) is 4. The van der Waals surface area contributed by atoms with Gasteiger partial charge in [0.2, 0.25) is 5.91 Å². The molecule has 3 aromatic carbocycles. The van der Waals surface area contributed by atoms with Crippen molar-refractivity contribution < 1.29 is 14.3 Å². The topological polar surface area (TPSA) is 73.6 Å². The molecule has 0 aromatic heterocycles. The zero-order chi connectivity index (χ0) is 21.6. The first-order valence-corrected chi connectivity index (χ1v) is 9.91. The zero-order valence-corrected chi connectivity index (χ0v) is 17.6. The van der Waals surface area contributed by atoms with Crippen LogP contribution in [0.5, 0.6) is 11.5 Å². The van der Waals surface area contributed by atoms with Crippen LogP contribution in [-0.2, 0) is 18.0 Å². The van der Waals surface area contributed by atoms with Gasteiger partial charge < -0.3 is 20.5 Å². The van der Waals surface area contributed by atoms with Gasteiger partial charge in [-0.05, 0) is 11.1 Å². The molecule has 3 N–H and O–H groups in total. The lowest BCUT2D eigenvalue weighted by molar-refractivity contribution is -0.123. The van der Waals surface area contributed by atoms with E-state index >= 15 is 0 Å². The van der Waals surface area contributed by atoms with Crippen molar-refractivity contribution in [1.82, 2.24) is 0 Å². The molecule has 0 radical (unpaired) electrons. The Morgan fingerprint density at radius 2 is 1.30 bits per heavy atom. The van der Waals surface area contributed by atoms with E-state index < -0.39 is 5.41 Å². The van der Waals surface area contributed by atoms with E-state index in [1.165, 1.54) is 0 Å². The standard InChI is InChI=1S/C25H28N2O3/c1-25(2,3)24(28)27-21-15-23(30-17-19-12-8-5-9-13-19)22(14-20(21)26)29-16-18-10-6-4-7-11-18/h4-15H,16-17,26H2,1-3H3,(H,27,28). The van der Waals surface area contributed by atoms with Crippen LogP contribution in [0, 0.1) is 5.41 Å². The van der Waals surface area contributed by atoms with E-state index in [2.05, 4.69) is 5.32 Å². The third-order valence-corrected chi connectivity index (χ3v) is 4.52. The average Bonchev–Trinajstić information content (AvgIpc) is 2.73. The molecule has 5 nitrogen and oxygen atoms in total. The molecule has 0 unspecified atom stereocenters. The van der Waals surface area contributed by atoms with Crippen molar-refractivity contribution in [2.45, 2.75) is 34.0 Å². The van der Waals surface area contributed by atoms with Crippen molar-refractivity contribution in [2.24, 2.45) is 5.41 Å². The summed E-state index contributed by atoms with van der Waals surface area (Å²) in [5.41, 5.74) is 8.66. The van der Waals surface area contributed by atoms with Crippen LogP contribution in [0.15, 0.2) is 72.8 Å². The molecule has 3 rings (SSSR count). The molecule has 5 heteroatoms. The molecule has 0 bridgehead atoms. The van der Waals surface area contributed by atoms with E-state index in [0.29, 0.717) is 36.1 Å². The average molecular weight is 405 g/mol. The number of carbonyl (C=O) groups excluding carboxylic acids is 1. The van der Waals surface area contributed by atoms with Gasteiger partial charge in [-0.2, -0.15) is 0 Å². The molecule has 1 amide bonds. The fraction of sp³-hybridized carbons (Fsp3) is 0.240. The Morgan fingerprint density at radius 1 is 0.833 bits per heavy atom.